The van der Waals surface area contributed by atoms with E-state index in [1.165, 1.54) is 0 Å². The Kier molecular flexibility index (Phi) is 5.60. The van der Waals surface area contributed by atoms with Gasteiger partial charge in [0.2, 0.25) is 5.91 Å². The predicted molar refractivity (Wildman–Crippen MR) is 75.1 cm³/mol. The summed E-state index contributed by atoms with van der Waals surface area (Å²) in [6.07, 6.45) is 1.64. The van der Waals surface area contributed by atoms with Crippen molar-refractivity contribution >= 4 is 5.91 Å². The van der Waals surface area contributed by atoms with Crippen LogP contribution in [0.3, 0.4) is 0 Å². The second-order valence-electron chi connectivity index (χ2n) is 5.83. The van der Waals surface area contributed by atoms with Crippen LogP contribution in [0.1, 0.15) is 26.7 Å². The van der Waals surface area contributed by atoms with E-state index >= 15 is 0 Å². The summed E-state index contributed by atoms with van der Waals surface area (Å²) in [6.45, 7) is 10.6. The molecule has 0 spiro atoms. The van der Waals surface area contributed by atoms with Gasteiger partial charge < -0.3 is 19.9 Å². The molecule has 2 heterocycles. The number of carbonyl (C=O) groups excluding carboxylic acids is 1. The van der Waals surface area contributed by atoms with E-state index in [0.29, 0.717) is 37.6 Å². The molecular formula is C14H27N3O2. The monoisotopic (exact) mass is 269 g/mol. The Labute approximate surface area is 116 Å². The minimum Gasteiger partial charge on any atom is -0.378 e. The fourth-order valence-corrected chi connectivity index (χ4v) is 3.05. The quantitative estimate of drug-likeness (QED) is 0.798. The lowest BCUT2D eigenvalue weighted by atomic mass is 10.1. The van der Waals surface area contributed by atoms with Gasteiger partial charge in [-0.3, -0.25) is 4.79 Å². The highest BCUT2D eigenvalue weighted by Crippen LogP contribution is 2.07. The molecule has 2 unspecified atom stereocenters. The Balaban J connectivity index is 1.64. The summed E-state index contributed by atoms with van der Waals surface area (Å²) in [5, 5.41) is 3.53. The number of carbonyl (C=O) groups is 1. The molecule has 2 rings (SSSR count). The molecule has 110 valence electrons. The van der Waals surface area contributed by atoms with E-state index in [-0.39, 0.29) is 0 Å². The first-order chi connectivity index (χ1) is 9.15. The van der Waals surface area contributed by atoms with E-state index in [9.17, 15) is 4.79 Å². The van der Waals surface area contributed by atoms with E-state index in [1.807, 2.05) is 4.90 Å². The number of ether oxygens (including phenoxy) is 1. The summed E-state index contributed by atoms with van der Waals surface area (Å²) >= 11 is 0. The normalized spacial score (nSPS) is 29.5. The fraction of sp³-hybridized carbons (Fsp3) is 0.929. The Morgan fingerprint density at radius 3 is 2.47 bits per heavy atom. The Hall–Kier alpha value is -0.650. The van der Waals surface area contributed by atoms with Crippen LogP contribution in [0.15, 0.2) is 0 Å². The minimum absolute atomic E-state index is 0.291. The molecule has 5 nitrogen and oxygen atoms in total. The number of morpholine rings is 1. The first kappa shape index (κ1) is 14.8. The van der Waals surface area contributed by atoms with Crippen LogP contribution in [0.25, 0.3) is 0 Å². The van der Waals surface area contributed by atoms with E-state index in [0.717, 1.165) is 39.1 Å². The highest BCUT2D eigenvalue weighted by Gasteiger charge is 2.21. The highest BCUT2D eigenvalue weighted by molar-refractivity contribution is 5.76. The zero-order chi connectivity index (χ0) is 13.7. The molecule has 0 bridgehead atoms. The van der Waals surface area contributed by atoms with Gasteiger partial charge in [-0.15, -0.1) is 0 Å². The maximum Gasteiger partial charge on any atom is 0.222 e. The number of hydrogen-bond donors (Lipinski definition) is 1. The number of rotatable bonds is 4. The molecule has 0 aliphatic carbocycles. The Bertz CT molecular complexity index is 282. The SMILES string of the molecule is CC1CN(CCCC(=O)N2CCOCC2)CC(C)N1. The summed E-state index contributed by atoms with van der Waals surface area (Å²) in [5.74, 6) is 0.291. The standard InChI is InChI=1S/C14H27N3O2/c1-12-10-16(11-13(2)15-12)5-3-4-14(18)17-6-8-19-9-7-17/h12-13,15H,3-11H2,1-2H3. The lowest BCUT2D eigenvalue weighted by molar-refractivity contribution is -0.135. The van der Waals surface area contributed by atoms with Gasteiger partial charge in [-0.1, -0.05) is 0 Å². The molecule has 1 N–H and O–H groups in total. The van der Waals surface area contributed by atoms with Crippen LogP contribution in [0.4, 0.5) is 0 Å². The maximum absolute atomic E-state index is 12.0. The van der Waals surface area contributed by atoms with Gasteiger partial charge in [0.1, 0.15) is 0 Å². The molecule has 0 aromatic rings. The first-order valence-corrected chi connectivity index (χ1v) is 7.49. The molecule has 2 atom stereocenters. The average molecular weight is 269 g/mol. The molecular weight excluding hydrogens is 242 g/mol. The second kappa shape index (κ2) is 7.22. The van der Waals surface area contributed by atoms with Crippen molar-refractivity contribution in [2.75, 3.05) is 45.9 Å². The van der Waals surface area contributed by atoms with Gasteiger partial charge in [-0.25, -0.2) is 0 Å². The smallest absolute Gasteiger partial charge is 0.222 e. The number of hydrogen-bond acceptors (Lipinski definition) is 4. The maximum atomic E-state index is 12.0. The van der Waals surface area contributed by atoms with Crippen LogP contribution in [-0.4, -0.2) is 73.7 Å². The summed E-state index contributed by atoms with van der Waals surface area (Å²) in [4.78, 5) is 16.4. The zero-order valence-electron chi connectivity index (χ0n) is 12.2. The first-order valence-electron chi connectivity index (χ1n) is 7.49. The van der Waals surface area contributed by atoms with Crippen molar-refractivity contribution in [1.29, 1.82) is 0 Å². The molecule has 2 aliphatic rings. The summed E-state index contributed by atoms with van der Waals surface area (Å²) in [5.41, 5.74) is 0. The van der Waals surface area contributed by atoms with E-state index in [4.69, 9.17) is 4.74 Å². The van der Waals surface area contributed by atoms with Gasteiger partial charge in [0.25, 0.3) is 0 Å². The second-order valence-corrected chi connectivity index (χ2v) is 5.83. The molecule has 1 amide bonds. The van der Waals surface area contributed by atoms with Crippen molar-refractivity contribution in [3.05, 3.63) is 0 Å². The molecule has 2 fully saturated rings. The van der Waals surface area contributed by atoms with Crippen LogP contribution in [0.5, 0.6) is 0 Å². The number of nitrogens with one attached hydrogen (secondary N) is 1. The van der Waals surface area contributed by atoms with Gasteiger partial charge in [-0.05, 0) is 26.8 Å². The predicted octanol–water partition coefficient (Wildman–Crippen LogP) is 0.308. The highest BCUT2D eigenvalue weighted by atomic mass is 16.5. The molecule has 0 saturated carbocycles. The largest absolute Gasteiger partial charge is 0.378 e. The number of nitrogens with zero attached hydrogens (tertiary/aromatic N) is 2. The summed E-state index contributed by atoms with van der Waals surface area (Å²) < 4.78 is 5.26. The zero-order valence-corrected chi connectivity index (χ0v) is 12.2. The Morgan fingerprint density at radius 2 is 1.84 bits per heavy atom. The van der Waals surface area contributed by atoms with Crippen molar-refractivity contribution in [1.82, 2.24) is 15.1 Å². The van der Waals surface area contributed by atoms with Crippen LogP contribution in [-0.2, 0) is 9.53 Å². The number of piperazine rings is 1. The van der Waals surface area contributed by atoms with Crippen molar-refractivity contribution in [3.8, 4) is 0 Å². The third-order valence-electron chi connectivity index (χ3n) is 3.86. The van der Waals surface area contributed by atoms with Crippen LogP contribution < -0.4 is 5.32 Å². The van der Waals surface area contributed by atoms with Gasteiger partial charge >= 0.3 is 0 Å². The third kappa shape index (κ3) is 4.75. The summed E-state index contributed by atoms with van der Waals surface area (Å²) in [7, 11) is 0. The summed E-state index contributed by atoms with van der Waals surface area (Å²) in [6, 6.07) is 1.11. The molecule has 5 heteroatoms. The van der Waals surface area contributed by atoms with Gasteiger partial charge in [-0.2, -0.15) is 0 Å². The lowest BCUT2D eigenvalue weighted by Gasteiger charge is -2.36. The third-order valence-corrected chi connectivity index (χ3v) is 3.86. The lowest BCUT2D eigenvalue weighted by Crippen LogP contribution is -2.54. The molecule has 0 radical (unpaired) electrons. The van der Waals surface area contributed by atoms with Gasteiger partial charge in [0, 0.05) is 44.7 Å². The Morgan fingerprint density at radius 1 is 1.21 bits per heavy atom. The van der Waals surface area contributed by atoms with Gasteiger partial charge in [0.15, 0.2) is 0 Å². The van der Waals surface area contributed by atoms with Gasteiger partial charge in [0.05, 0.1) is 13.2 Å². The van der Waals surface area contributed by atoms with Crippen molar-refractivity contribution < 1.29 is 9.53 Å². The number of amides is 1. The van der Waals surface area contributed by atoms with E-state index in [1.54, 1.807) is 0 Å². The molecule has 19 heavy (non-hydrogen) atoms. The molecule has 0 aromatic carbocycles. The van der Waals surface area contributed by atoms with Crippen LogP contribution in [0, 0.1) is 0 Å². The van der Waals surface area contributed by atoms with Crippen molar-refractivity contribution in [3.63, 3.8) is 0 Å². The van der Waals surface area contributed by atoms with Crippen LogP contribution >= 0.6 is 0 Å². The van der Waals surface area contributed by atoms with E-state index in [2.05, 4.69) is 24.1 Å². The van der Waals surface area contributed by atoms with Crippen LogP contribution in [0.2, 0.25) is 0 Å². The average Bonchev–Trinajstić information content (AvgIpc) is 2.38. The minimum atomic E-state index is 0.291. The molecule has 2 aliphatic heterocycles. The molecule has 0 aromatic heterocycles. The topological polar surface area (TPSA) is 44.8 Å². The fourth-order valence-electron chi connectivity index (χ4n) is 3.05. The van der Waals surface area contributed by atoms with Crippen molar-refractivity contribution in [2.45, 2.75) is 38.8 Å². The van der Waals surface area contributed by atoms with E-state index < -0.39 is 0 Å². The molecule has 2 saturated heterocycles. The van der Waals surface area contributed by atoms with Crippen molar-refractivity contribution in [2.24, 2.45) is 0 Å².